The molecule has 1 unspecified atom stereocenters. The normalized spacial score (nSPS) is 12.4. The Morgan fingerprint density at radius 3 is 2.75 bits per heavy atom. The van der Waals surface area contributed by atoms with Gasteiger partial charge < -0.3 is 5.32 Å². The molecular formula is C11H21N. The molecule has 0 aromatic carbocycles. The minimum absolute atomic E-state index is 0.794. The zero-order valence-corrected chi connectivity index (χ0v) is 8.40. The zero-order valence-electron chi connectivity index (χ0n) is 8.40. The molecule has 0 rings (SSSR count). The molecule has 0 aromatic heterocycles. The van der Waals surface area contributed by atoms with Gasteiger partial charge in [0.05, 0.1) is 0 Å². The fraction of sp³-hybridized carbons (Fsp3) is 0.818. The molecule has 0 heterocycles. The van der Waals surface area contributed by atoms with Crippen LogP contribution in [0.5, 0.6) is 0 Å². The smallest absolute Gasteiger partial charge is 0.00860 e. The van der Waals surface area contributed by atoms with Gasteiger partial charge in [-0.15, -0.1) is 12.3 Å². The molecule has 12 heavy (non-hydrogen) atoms. The van der Waals surface area contributed by atoms with Crippen molar-refractivity contribution in [3.8, 4) is 12.3 Å². The molecule has 0 radical (unpaired) electrons. The lowest BCUT2D eigenvalue weighted by Crippen LogP contribution is -2.20. The topological polar surface area (TPSA) is 12.0 Å². The maximum absolute atomic E-state index is 5.16. The molecule has 1 nitrogen and oxygen atoms in total. The first-order chi connectivity index (χ1) is 5.81. The van der Waals surface area contributed by atoms with Gasteiger partial charge in [0.15, 0.2) is 0 Å². The second-order valence-corrected chi connectivity index (χ2v) is 3.36. The monoisotopic (exact) mass is 167 g/mol. The van der Waals surface area contributed by atoms with Crippen molar-refractivity contribution in [1.82, 2.24) is 5.32 Å². The highest BCUT2D eigenvalue weighted by Crippen LogP contribution is 2.07. The maximum atomic E-state index is 5.16. The Hall–Kier alpha value is -0.480. The SMILES string of the molecule is C#CCCCCC(C)CNCC. The lowest BCUT2D eigenvalue weighted by atomic mass is 10.0. The van der Waals surface area contributed by atoms with Gasteiger partial charge in [-0.2, -0.15) is 0 Å². The van der Waals surface area contributed by atoms with E-state index in [1.54, 1.807) is 0 Å². The van der Waals surface area contributed by atoms with Gasteiger partial charge in [0.25, 0.3) is 0 Å². The van der Waals surface area contributed by atoms with Gasteiger partial charge in [0, 0.05) is 6.42 Å². The van der Waals surface area contributed by atoms with Crippen molar-refractivity contribution in [2.45, 2.75) is 39.5 Å². The summed E-state index contributed by atoms with van der Waals surface area (Å²) < 4.78 is 0. The van der Waals surface area contributed by atoms with Crippen LogP contribution in [0, 0.1) is 18.3 Å². The van der Waals surface area contributed by atoms with E-state index in [0.29, 0.717) is 0 Å². The summed E-state index contributed by atoms with van der Waals surface area (Å²) in [7, 11) is 0. The van der Waals surface area contributed by atoms with E-state index < -0.39 is 0 Å². The van der Waals surface area contributed by atoms with Crippen molar-refractivity contribution in [2.75, 3.05) is 13.1 Å². The lowest BCUT2D eigenvalue weighted by Gasteiger charge is -2.10. The summed E-state index contributed by atoms with van der Waals surface area (Å²) in [5.41, 5.74) is 0. The van der Waals surface area contributed by atoms with E-state index in [1.165, 1.54) is 19.3 Å². The molecule has 70 valence electrons. The minimum atomic E-state index is 0.794. The first-order valence-corrected chi connectivity index (χ1v) is 4.95. The van der Waals surface area contributed by atoms with Gasteiger partial charge >= 0.3 is 0 Å². The molecule has 0 aliphatic carbocycles. The van der Waals surface area contributed by atoms with Crippen LogP contribution in [0.1, 0.15) is 39.5 Å². The molecule has 0 aromatic rings. The Kier molecular flexibility index (Phi) is 8.27. The highest BCUT2D eigenvalue weighted by Gasteiger charge is 1.99. The minimum Gasteiger partial charge on any atom is -0.317 e. The molecule has 0 fully saturated rings. The van der Waals surface area contributed by atoms with E-state index in [9.17, 15) is 0 Å². The van der Waals surface area contributed by atoms with Gasteiger partial charge in [-0.05, 0) is 31.8 Å². The molecule has 1 atom stereocenters. The zero-order chi connectivity index (χ0) is 9.23. The summed E-state index contributed by atoms with van der Waals surface area (Å²) in [6.07, 6.45) is 9.86. The Balaban J connectivity index is 3.09. The van der Waals surface area contributed by atoms with Crippen LogP contribution >= 0.6 is 0 Å². The fourth-order valence-electron chi connectivity index (χ4n) is 1.21. The Labute approximate surface area is 76.9 Å². The molecule has 0 saturated heterocycles. The van der Waals surface area contributed by atoms with E-state index >= 15 is 0 Å². The Morgan fingerprint density at radius 2 is 2.17 bits per heavy atom. The summed E-state index contributed by atoms with van der Waals surface area (Å²) in [6.45, 7) is 6.66. The molecule has 1 heteroatoms. The number of unbranched alkanes of at least 4 members (excludes halogenated alkanes) is 2. The summed E-state index contributed by atoms with van der Waals surface area (Å²) in [4.78, 5) is 0. The molecule has 0 aliphatic heterocycles. The van der Waals surface area contributed by atoms with Gasteiger partial charge in [0.2, 0.25) is 0 Å². The average molecular weight is 167 g/mol. The molecule has 0 bridgehead atoms. The highest BCUT2D eigenvalue weighted by atomic mass is 14.8. The predicted molar refractivity (Wildman–Crippen MR) is 55.0 cm³/mol. The number of nitrogens with one attached hydrogen (secondary N) is 1. The van der Waals surface area contributed by atoms with E-state index in [4.69, 9.17) is 6.42 Å². The molecular weight excluding hydrogens is 146 g/mol. The van der Waals surface area contributed by atoms with E-state index in [1.807, 2.05) is 0 Å². The molecule has 0 aliphatic rings. The van der Waals surface area contributed by atoms with Gasteiger partial charge in [-0.3, -0.25) is 0 Å². The van der Waals surface area contributed by atoms with E-state index in [2.05, 4.69) is 25.1 Å². The Morgan fingerprint density at radius 1 is 1.42 bits per heavy atom. The number of hydrogen-bond donors (Lipinski definition) is 1. The molecule has 1 N–H and O–H groups in total. The molecule has 0 saturated carbocycles. The Bertz CT molecular complexity index is 123. The first-order valence-electron chi connectivity index (χ1n) is 4.95. The maximum Gasteiger partial charge on any atom is 0.00860 e. The van der Waals surface area contributed by atoms with Gasteiger partial charge in [-0.1, -0.05) is 20.3 Å². The predicted octanol–water partition coefficient (Wildman–Crippen LogP) is 2.43. The van der Waals surface area contributed by atoms with Crippen LogP contribution in [-0.2, 0) is 0 Å². The molecule has 0 amide bonds. The number of rotatable bonds is 7. The van der Waals surface area contributed by atoms with Crippen molar-refractivity contribution < 1.29 is 0 Å². The van der Waals surface area contributed by atoms with Crippen LogP contribution in [0.15, 0.2) is 0 Å². The van der Waals surface area contributed by atoms with Crippen LogP contribution in [0.4, 0.5) is 0 Å². The van der Waals surface area contributed by atoms with Gasteiger partial charge in [-0.25, -0.2) is 0 Å². The summed E-state index contributed by atoms with van der Waals surface area (Å²) in [5.74, 6) is 3.46. The number of terminal acetylenes is 1. The van der Waals surface area contributed by atoms with Crippen molar-refractivity contribution in [3.63, 3.8) is 0 Å². The van der Waals surface area contributed by atoms with Crippen LogP contribution in [0.25, 0.3) is 0 Å². The van der Waals surface area contributed by atoms with Crippen LogP contribution < -0.4 is 5.32 Å². The van der Waals surface area contributed by atoms with E-state index in [-0.39, 0.29) is 0 Å². The van der Waals surface area contributed by atoms with Crippen LogP contribution in [-0.4, -0.2) is 13.1 Å². The summed E-state index contributed by atoms with van der Waals surface area (Å²) >= 11 is 0. The van der Waals surface area contributed by atoms with Gasteiger partial charge in [0.1, 0.15) is 0 Å². The third kappa shape index (κ3) is 7.63. The second-order valence-electron chi connectivity index (χ2n) is 3.36. The van der Waals surface area contributed by atoms with Crippen molar-refractivity contribution in [2.24, 2.45) is 5.92 Å². The second kappa shape index (κ2) is 8.62. The fourth-order valence-corrected chi connectivity index (χ4v) is 1.21. The van der Waals surface area contributed by atoms with Crippen LogP contribution in [0.2, 0.25) is 0 Å². The largest absolute Gasteiger partial charge is 0.317 e. The van der Waals surface area contributed by atoms with Crippen LogP contribution in [0.3, 0.4) is 0 Å². The summed E-state index contributed by atoms with van der Waals surface area (Å²) in [6, 6.07) is 0. The van der Waals surface area contributed by atoms with Crippen molar-refractivity contribution >= 4 is 0 Å². The average Bonchev–Trinajstić information content (AvgIpc) is 2.09. The molecule has 0 spiro atoms. The van der Waals surface area contributed by atoms with Crippen molar-refractivity contribution in [1.29, 1.82) is 0 Å². The lowest BCUT2D eigenvalue weighted by molar-refractivity contribution is 0.467. The first kappa shape index (κ1) is 11.5. The third-order valence-corrected chi connectivity index (χ3v) is 2.01. The third-order valence-electron chi connectivity index (χ3n) is 2.01. The number of hydrogen-bond acceptors (Lipinski definition) is 1. The quantitative estimate of drug-likeness (QED) is 0.453. The highest BCUT2D eigenvalue weighted by molar-refractivity contribution is 4.82. The van der Waals surface area contributed by atoms with E-state index in [0.717, 1.165) is 25.4 Å². The summed E-state index contributed by atoms with van der Waals surface area (Å²) in [5, 5.41) is 3.35. The van der Waals surface area contributed by atoms with Crippen molar-refractivity contribution in [3.05, 3.63) is 0 Å². The standard InChI is InChI=1S/C11H21N/c1-4-6-7-8-9-11(3)10-12-5-2/h1,11-12H,5-10H2,2-3H3.